The molecule has 2 heterocycles. The zero-order valence-electron chi connectivity index (χ0n) is 16.1. The molecule has 0 aliphatic rings. The number of aromatic nitrogens is 5. The van der Waals surface area contributed by atoms with Crippen molar-refractivity contribution >= 4 is 11.9 Å². The number of hydrogen-bond donors (Lipinski definition) is 2. The molecule has 2 N–H and O–H groups in total. The van der Waals surface area contributed by atoms with E-state index in [-0.39, 0.29) is 11.9 Å². The first-order chi connectivity index (χ1) is 14.1. The molecule has 8 nitrogen and oxygen atoms in total. The van der Waals surface area contributed by atoms with Gasteiger partial charge in [-0.1, -0.05) is 24.3 Å². The summed E-state index contributed by atoms with van der Waals surface area (Å²) < 4.78 is 6.84. The van der Waals surface area contributed by atoms with Crippen LogP contribution in [0, 0.1) is 6.92 Å². The maximum Gasteiger partial charge on any atom is 0.276 e. The summed E-state index contributed by atoms with van der Waals surface area (Å²) in [4.78, 5) is 16.7. The topological polar surface area (TPSA) is 97.7 Å². The van der Waals surface area contributed by atoms with Crippen LogP contribution >= 0.6 is 0 Å². The maximum atomic E-state index is 12.5. The molecule has 0 saturated carbocycles. The van der Waals surface area contributed by atoms with Gasteiger partial charge in [0.2, 0.25) is 5.95 Å². The Morgan fingerprint density at radius 3 is 2.72 bits per heavy atom. The Hall–Kier alpha value is -3.94. The highest BCUT2D eigenvalue weighted by Gasteiger charge is 2.13. The quantitative estimate of drug-likeness (QED) is 0.528. The molecule has 0 saturated heterocycles. The number of carbonyl (C=O) groups is 1. The molecule has 0 spiro atoms. The Kier molecular flexibility index (Phi) is 5.07. The number of aromatic amines is 1. The van der Waals surface area contributed by atoms with E-state index < -0.39 is 0 Å². The van der Waals surface area contributed by atoms with E-state index >= 15 is 0 Å². The first-order valence-corrected chi connectivity index (χ1v) is 9.07. The molecule has 0 unspecified atom stereocenters. The van der Waals surface area contributed by atoms with E-state index in [0.29, 0.717) is 17.9 Å². The second kappa shape index (κ2) is 7.97. The van der Waals surface area contributed by atoms with Gasteiger partial charge in [-0.25, -0.2) is 9.67 Å². The molecule has 8 heteroatoms. The van der Waals surface area contributed by atoms with Crippen molar-refractivity contribution in [3.05, 3.63) is 77.7 Å². The number of carbonyl (C=O) groups excluding carboxylic acids is 1. The summed E-state index contributed by atoms with van der Waals surface area (Å²) in [6, 6.07) is 17.2. The minimum absolute atomic E-state index is 0.240. The summed E-state index contributed by atoms with van der Waals surface area (Å²) >= 11 is 0. The predicted octanol–water partition coefficient (Wildman–Crippen LogP) is 3.29. The van der Waals surface area contributed by atoms with Gasteiger partial charge in [-0.3, -0.25) is 15.2 Å². The molecule has 4 rings (SSSR count). The van der Waals surface area contributed by atoms with Crippen LogP contribution in [0.5, 0.6) is 5.75 Å². The van der Waals surface area contributed by atoms with E-state index in [4.69, 9.17) is 4.74 Å². The van der Waals surface area contributed by atoms with Crippen LogP contribution in [-0.2, 0) is 6.54 Å². The second-order valence-corrected chi connectivity index (χ2v) is 6.54. The minimum Gasteiger partial charge on any atom is -0.497 e. The number of nitrogens with zero attached hydrogens (tertiary/aromatic N) is 4. The van der Waals surface area contributed by atoms with E-state index in [0.717, 1.165) is 16.9 Å². The van der Waals surface area contributed by atoms with E-state index in [1.54, 1.807) is 24.2 Å². The molecule has 4 aromatic rings. The third-order valence-corrected chi connectivity index (χ3v) is 4.56. The average Bonchev–Trinajstić information content (AvgIpc) is 3.40. The smallest absolute Gasteiger partial charge is 0.276 e. The second-order valence-electron chi connectivity index (χ2n) is 6.54. The average molecular weight is 388 g/mol. The summed E-state index contributed by atoms with van der Waals surface area (Å²) in [6.07, 6.45) is 1.60. The van der Waals surface area contributed by atoms with Crippen molar-refractivity contribution in [3.63, 3.8) is 0 Å². The van der Waals surface area contributed by atoms with Crippen LogP contribution in [0.2, 0.25) is 0 Å². The largest absolute Gasteiger partial charge is 0.497 e. The zero-order chi connectivity index (χ0) is 20.2. The van der Waals surface area contributed by atoms with Crippen LogP contribution in [-0.4, -0.2) is 38.0 Å². The third kappa shape index (κ3) is 4.16. The lowest BCUT2D eigenvalue weighted by molar-refractivity contribution is 0.102. The Morgan fingerprint density at radius 1 is 1.17 bits per heavy atom. The van der Waals surface area contributed by atoms with Gasteiger partial charge in [-0.2, -0.15) is 5.10 Å². The normalized spacial score (nSPS) is 10.7. The lowest BCUT2D eigenvalue weighted by Gasteiger charge is -2.04. The fourth-order valence-corrected chi connectivity index (χ4v) is 2.91. The van der Waals surface area contributed by atoms with E-state index in [1.807, 2.05) is 55.5 Å². The number of anilines is 1. The van der Waals surface area contributed by atoms with Gasteiger partial charge in [-0.15, -0.1) is 5.10 Å². The molecule has 2 aromatic carbocycles. The van der Waals surface area contributed by atoms with E-state index in [2.05, 4.69) is 25.6 Å². The van der Waals surface area contributed by atoms with Gasteiger partial charge in [0.15, 0.2) is 0 Å². The summed E-state index contributed by atoms with van der Waals surface area (Å²) in [5, 5.41) is 14.0. The molecule has 0 bridgehead atoms. The number of H-pyrrole nitrogens is 1. The van der Waals surface area contributed by atoms with Gasteiger partial charge in [0, 0.05) is 5.56 Å². The Balaban J connectivity index is 1.43. The van der Waals surface area contributed by atoms with Crippen LogP contribution in [0.3, 0.4) is 0 Å². The number of ether oxygens (including phenoxy) is 1. The molecular weight excluding hydrogens is 368 g/mol. The molecule has 29 heavy (non-hydrogen) atoms. The number of benzene rings is 2. The summed E-state index contributed by atoms with van der Waals surface area (Å²) in [5.74, 6) is 0.643. The maximum absolute atomic E-state index is 12.5. The number of amides is 1. The van der Waals surface area contributed by atoms with Crippen LogP contribution in [0.15, 0.2) is 60.9 Å². The monoisotopic (exact) mass is 388 g/mol. The lowest BCUT2D eigenvalue weighted by Crippen LogP contribution is -2.14. The van der Waals surface area contributed by atoms with Crippen molar-refractivity contribution in [2.24, 2.45) is 0 Å². The van der Waals surface area contributed by atoms with Crippen molar-refractivity contribution in [1.82, 2.24) is 25.0 Å². The van der Waals surface area contributed by atoms with Gasteiger partial charge < -0.3 is 4.74 Å². The minimum atomic E-state index is -0.356. The van der Waals surface area contributed by atoms with Crippen molar-refractivity contribution in [2.45, 2.75) is 13.5 Å². The van der Waals surface area contributed by atoms with Crippen LogP contribution in [0.1, 0.15) is 21.6 Å². The van der Waals surface area contributed by atoms with Crippen LogP contribution < -0.4 is 10.1 Å². The fourth-order valence-electron chi connectivity index (χ4n) is 2.91. The van der Waals surface area contributed by atoms with E-state index in [9.17, 15) is 4.79 Å². The molecule has 0 atom stereocenters. The summed E-state index contributed by atoms with van der Waals surface area (Å²) in [6.45, 7) is 2.63. The Morgan fingerprint density at radius 2 is 1.97 bits per heavy atom. The number of rotatable bonds is 6. The molecule has 0 radical (unpaired) electrons. The van der Waals surface area contributed by atoms with Gasteiger partial charge in [-0.05, 0) is 48.4 Å². The molecular formula is C21H20N6O2. The van der Waals surface area contributed by atoms with Crippen molar-refractivity contribution in [3.8, 4) is 17.0 Å². The molecule has 0 aliphatic heterocycles. The highest BCUT2D eigenvalue weighted by Crippen LogP contribution is 2.21. The highest BCUT2D eigenvalue weighted by atomic mass is 16.5. The Bertz CT molecular complexity index is 1130. The number of methoxy groups -OCH3 is 1. The van der Waals surface area contributed by atoms with Gasteiger partial charge in [0.1, 0.15) is 17.8 Å². The van der Waals surface area contributed by atoms with E-state index in [1.165, 1.54) is 5.56 Å². The molecule has 0 fully saturated rings. The standard InChI is InChI=1S/C21H20N6O2/c1-14-5-3-4-6-16(14)12-27-13-22-21(26-27)23-20(28)19-11-18(24-25-19)15-7-9-17(29-2)10-8-15/h3-11,13H,12H2,1-2H3,(H,24,25)(H,23,26,28). The lowest BCUT2D eigenvalue weighted by atomic mass is 10.1. The predicted molar refractivity (Wildman–Crippen MR) is 109 cm³/mol. The fraction of sp³-hybridized carbons (Fsp3) is 0.143. The molecule has 0 aliphatic carbocycles. The summed E-state index contributed by atoms with van der Waals surface area (Å²) in [5.41, 5.74) is 4.19. The third-order valence-electron chi connectivity index (χ3n) is 4.56. The number of aryl methyl sites for hydroxylation is 1. The first kappa shape index (κ1) is 18.4. The molecule has 2 aromatic heterocycles. The number of nitrogens with one attached hydrogen (secondary N) is 2. The first-order valence-electron chi connectivity index (χ1n) is 9.07. The molecule has 146 valence electrons. The number of hydrogen-bond acceptors (Lipinski definition) is 5. The molecule has 1 amide bonds. The SMILES string of the molecule is COc1ccc(-c2cc(C(=O)Nc3ncn(Cc4ccccc4C)n3)[nH]n2)cc1. The van der Waals surface area contributed by atoms with Crippen LogP contribution in [0.25, 0.3) is 11.3 Å². The van der Waals surface area contributed by atoms with Crippen molar-refractivity contribution in [2.75, 3.05) is 12.4 Å². The van der Waals surface area contributed by atoms with Crippen molar-refractivity contribution < 1.29 is 9.53 Å². The van der Waals surface area contributed by atoms with Gasteiger partial charge in [0.25, 0.3) is 5.91 Å². The van der Waals surface area contributed by atoms with Gasteiger partial charge >= 0.3 is 0 Å². The Labute approximate surface area is 167 Å². The highest BCUT2D eigenvalue weighted by molar-refractivity contribution is 6.02. The van der Waals surface area contributed by atoms with Gasteiger partial charge in [0.05, 0.1) is 19.3 Å². The van der Waals surface area contributed by atoms with Crippen LogP contribution in [0.4, 0.5) is 5.95 Å². The zero-order valence-corrected chi connectivity index (χ0v) is 16.1. The summed E-state index contributed by atoms with van der Waals surface area (Å²) in [7, 11) is 1.61. The van der Waals surface area contributed by atoms with Crippen molar-refractivity contribution in [1.29, 1.82) is 0 Å².